The molecule has 1 aliphatic heterocycles. The number of likely N-dealkylation sites (tertiary alicyclic amines) is 1. The Morgan fingerprint density at radius 2 is 2.04 bits per heavy atom. The number of carbonyl (C=O) groups is 2. The Morgan fingerprint density at radius 1 is 1.33 bits per heavy atom. The fourth-order valence-corrected chi connectivity index (χ4v) is 2.84. The highest BCUT2D eigenvalue weighted by Gasteiger charge is 2.42. The molecule has 1 fully saturated rings. The predicted octanol–water partition coefficient (Wildman–Crippen LogP) is 1.97. The molecule has 2 N–H and O–H groups in total. The van der Waals surface area contributed by atoms with Gasteiger partial charge in [0.05, 0.1) is 5.41 Å². The number of carbonyl (C=O) groups excluding carboxylic acids is 1. The van der Waals surface area contributed by atoms with Crippen LogP contribution in [0.5, 0.6) is 0 Å². The van der Waals surface area contributed by atoms with Gasteiger partial charge in [-0.1, -0.05) is 19.1 Å². The summed E-state index contributed by atoms with van der Waals surface area (Å²) in [5.74, 6) is 0.417. The van der Waals surface area contributed by atoms with E-state index in [1.165, 1.54) is 0 Å². The predicted molar refractivity (Wildman–Crippen MR) is 87.5 cm³/mol. The van der Waals surface area contributed by atoms with Crippen molar-refractivity contribution >= 4 is 11.9 Å². The second-order valence-electron chi connectivity index (χ2n) is 6.38. The number of H-pyrrole nitrogens is 1. The van der Waals surface area contributed by atoms with Crippen LogP contribution in [-0.4, -0.2) is 50.2 Å². The Kier molecular flexibility index (Phi) is 4.09. The maximum absolute atomic E-state index is 12.6. The minimum atomic E-state index is -0.857. The van der Waals surface area contributed by atoms with Crippen LogP contribution in [0, 0.1) is 5.41 Å². The van der Waals surface area contributed by atoms with Crippen molar-refractivity contribution in [1.82, 2.24) is 20.1 Å². The monoisotopic (exact) mass is 328 g/mol. The molecule has 0 saturated carbocycles. The first-order valence-corrected chi connectivity index (χ1v) is 7.97. The molecule has 3 rings (SSSR count). The molecular weight excluding hydrogens is 308 g/mol. The van der Waals surface area contributed by atoms with E-state index in [0.717, 1.165) is 17.8 Å². The highest BCUT2D eigenvalue weighted by Crippen LogP contribution is 2.31. The van der Waals surface area contributed by atoms with E-state index in [0.29, 0.717) is 24.4 Å². The van der Waals surface area contributed by atoms with E-state index in [-0.39, 0.29) is 12.5 Å². The van der Waals surface area contributed by atoms with Crippen LogP contribution in [0.3, 0.4) is 0 Å². The van der Waals surface area contributed by atoms with Crippen LogP contribution in [0.4, 0.5) is 0 Å². The van der Waals surface area contributed by atoms with Crippen LogP contribution in [0.2, 0.25) is 0 Å². The van der Waals surface area contributed by atoms with Gasteiger partial charge in [-0.25, -0.2) is 4.98 Å². The number of benzene rings is 1. The number of hydrogen-bond acceptors (Lipinski definition) is 4. The third-order valence-electron chi connectivity index (χ3n) is 4.53. The second kappa shape index (κ2) is 6.07. The summed E-state index contributed by atoms with van der Waals surface area (Å²) in [6.07, 6.45) is 1.25. The average Bonchev–Trinajstić information content (AvgIpc) is 3.22. The van der Waals surface area contributed by atoms with Gasteiger partial charge < -0.3 is 10.0 Å². The normalized spacial score (nSPS) is 20.3. The molecule has 1 aliphatic rings. The van der Waals surface area contributed by atoms with Crippen molar-refractivity contribution in [3.63, 3.8) is 0 Å². The second-order valence-corrected chi connectivity index (χ2v) is 6.38. The lowest BCUT2D eigenvalue weighted by molar-refractivity contribution is -0.147. The van der Waals surface area contributed by atoms with Gasteiger partial charge in [-0.3, -0.25) is 14.7 Å². The van der Waals surface area contributed by atoms with Crippen LogP contribution in [0.15, 0.2) is 24.3 Å². The summed E-state index contributed by atoms with van der Waals surface area (Å²) in [6, 6.07) is 7.08. The van der Waals surface area contributed by atoms with E-state index >= 15 is 0 Å². The highest BCUT2D eigenvalue weighted by molar-refractivity contribution is 5.95. The number of carboxylic acid groups (broad SMARTS) is 1. The smallest absolute Gasteiger partial charge is 0.311 e. The number of hydrogen-bond donors (Lipinski definition) is 2. The first-order chi connectivity index (χ1) is 11.4. The molecule has 7 heteroatoms. The maximum Gasteiger partial charge on any atom is 0.311 e. The summed E-state index contributed by atoms with van der Waals surface area (Å²) in [6.45, 7) is 4.38. The molecule has 24 heavy (non-hydrogen) atoms. The number of amides is 1. The number of carboxylic acids is 1. The number of aliphatic carboxylic acids is 1. The number of nitrogens with zero attached hydrogens (tertiary/aromatic N) is 3. The van der Waals surface area contributed by atoms with Gasteiger partial charge in [0.25, 0.3) is 5.91 Å². The van der Waals surface area contributed by atoms with Crippen LogP contribution in [0.25, 0.3) is 11.4 Å². The topological polar surface area (TPSA) is 99.2 Å². The summed E-state index contributed by atoms with van der Waals surface area (Å²) in [7, 11) is 0. The van der Waals surface area contributed by atoms with Gasteiger partial charge in [-0.15, -0.1) is 0 Å². The van der Waals surface area contributed by atoms with Crippen LogP contribution < -0.4 is 0 Å². The first kappa shape index (κ1) is 16.2. The fraction of sp³-hybridized carbons (Fsp3) is 0.412. The third-order valence-corrected chi connectivity index (χ3v) is 4.53. The van der Waals surface area contributed by atoms with E-state index in [1.807, 2.05) is 19.1 Å². The van der Waals surface area contributed by atoms with Gasteiger partial charge in [0.15, 0.2) is 5.82 Å². The quantitative estimate of drug-likeness (QED) is 0.894. The van der Waals surface area contributed by atoms with Gasteiger partial charge >= 0.3 is 5.97 Å². The zero-order valence-electron chi connectivity index (χ0n) is 13.7. The molecule has 1 saturated heterocycles. The summed E-state index contributed by atoms with van der Waals surface area (Å²) < 4.78 is 0. The van der Waals surface area contributed by atoms with E-state index in [4.69, 9.17) is 0 Å². The van der Waals surface area contributed by atoms with Gasteiger partial charge in [-0.05, 0) is 25.5 Å². The summed E-state index contributed by atoms with van der Waals surface area (Å²) in [4.78, 5) is 29.8. The van der Waals surface area contributed by atoms with Crippen LogP contribution >= 0.6 is 0 Å². The Morgan fingerprint density at radius 3 is 2.58 bits per heavy atom. The van der Waals surface area contributed by atoms with Gasteiger partial charge in [0.1, 0.15) is 5.82 Å². The van der Waals surface area contributed by atoms with Crippen molar-refractivity contribution in [3.8, 4) is 11.4 Å². The van der Waals surface area contributed by atoms with E-state index in [9.17, 15) is 14.7 Å². The average molecular weight is 328 g/mol. The minimum absolute atomic E-state index is 0.143. The zero-order chi connectivity index (χ0) is 17.3. The van der Waals surface area contributed by atoms with Crippen LogP contribution in [-0.2, 0) is 11.2 Å². The molecule has 2 heterocycles. The standard InChI is InChI=1S/C17H20N4O3/c1-3-13-18-14(20-19-13)11-4-6-12(7-5-11)15(22)21-9-8-17(2,10-21)16(23)24/h4-7H,3,8-10H2,1-2H3,(H,23,24)(H,18,19,20). The van der Waals surface area contributed by atoms with Crippen molar-refractivity contribution in [1.29, 1.82) is 0 Å². The molecule has 1 aromatic heterocycles. The van der Waals surface area contributed by atoms with E-state index in [1.54, 1.807) is 24.0 Å². The number of aromatic nitrogens is 3. The zero-order valence-corrected chi connectivity index (χ0v) is 13.7. The Bertz CT molecular complexity index is 768. The molecule has 0 aliphatic carbocycles. The maximum atomic E-state index is 12.6. The Hall–Kier alpha value is -2.70. The van der Waals surface area contributed by atoms with Gasteiger partial charge in [-0.2, -0.15) is 5.10 Å². The number of aryl methyl sites for hydroxylation is 1. The van der Waals surface area contributed by atoms with E-state index in [2.05, 4.69) is 15.2 Å². The molecule has 1 amide bonds. The molecule has 2 aromatic rings. The number of nitrogens with one attached hydrogen (secondary N) is 1. The Labute approximate surface area is 139 Å². The fourth-order valence-electron chi connectivity index (χ4n) is 2.84. The van der Waals surface area contributed by atoms with Crippen molar-refractivity contribution in [2.45, 2.75) is 26.7 Å². The van der Waals surface area contributed by atoms with Crippen molar-refractivity contribution in [2.75, 3.05) is 13.1 Å². The first-order valence-electron chi connectivity index (χ1n) is 7.97. The molecule has 126 valence electrons. The SMILES string of the molecule is CCc1nc(-c2ccc(C(=O)N3CCC(C)(C(=O)O)C3)cc2)n[nH]1. The largest absolute Gasteiger partial charge is 0.481 e. The highest BCUT2D eigenvalue weighted by atomic mass is 16.4. The lowest BCUT2D eigenvalue weighted by Crippen LogP contribution is -2.34. The van der Waals surface area contributed by atoms with Gasteiger partial charge in [0.2, 0.25) is 0 Å². The van der Waals surface area contributed by atoms with Crippen LogP contribution in [0.1, 0.15) is 36.5 Å². The molecule has 1 atom stereocenters. The molecule has 0 spiro atoms. The van der Waals surface area contributed by atoms with Crippen molar-refractivity contribution in [2.24, 2.45) is 5.41 Å². The lowest BCUT2D eigenvalue weighted by atomic mass is 9.90. The number of rotatable bonds is 4. The molecule has 0 bridgehead atoms. The molecule has 0 radical (unpaired) electrons. The molecule has 7 nitrogen and oxygen atoms in total. The van der Waals surface area contributed by atoms with Gasteiger partial charge in [0, 0.05) is 30.6 Å². The Balaban J connectivity index is 1.74. The summed E-state index contributed by atoms with van der Waals surface area (Å²) in [5.41, 5.74) is 0.518. The lowest BCUT2D eigenvalue weighted by Gasteiger charge is -2.20. The molecular formula is C17H20N4O3. The van der Waals surface area contributed by atoms with Crippen molar-refractivity contribution < 1.29 is 14.7 Å². The summed E-state index contributed by atoms with van der Waals surface area (Å²) in [5, 5.41) is 16.3. The van der Waals surface area contributed by atoms with E-state index < -0.39 is 11.4 Å². The number of aromatic amines is 1. The summed E-state index contributed by atoms with van der Waals surface area (Å²) >= 11 is 0. The van der Waals surface area contributed by atoms with Crippen molar-refractivity contribution in [3.05, 3.63) is 35.7 Å². The molecule has 1 aromatic carbocycles. The minimum Gasteiger partial charge on any atom is -0.481 e. The molecule has 1 unspecified atom stereocenters. The third kappa shape index (κ3) is 2.89.